The smallest absolute Gasteiger partial charge is 0.119 e. The number of nitrogens with one attached hydrogen (secondary N) is 1. The van der Waals surface area contributed by atoms with Crippen molar-refractivity contribution < 1.29 is 28.5 Å². The van der Waals surface area contributed by atoms with Crippen LogP contribution in [0.25, 0.3) is 0 Å². The van der Waals surface area contributed by atoms with Gasteiger partial charge in [0.25, 0.3) is 0 Å². The normalized spacial score (nSPS) is 21.5. The van der Waals surface area contributed by atoms with Crippen molar-refractivity contribution in [1.82, 2.24) is 5.32 Å². The van der Waals surface area contributed by atoms with Crippen LogP contribution in [0.15, 0.2) is 58.3 Å². The minimum Gasteiger partial charge on any atom is -0.391 e. The van der Waals surface area contributed by atoms with Crippen LogP contribution in [0.4, 0.5) is 0 Å². The first-order valence-corrected chi connectivity index (χ1v) is 11.3. The van der Waals surface area contributed by atoms with Crippen LogP contribution < -0.4 is 17.1 Å². The van der Waals surface area contributed by atoms with E-state index >= 15 is 0 Å². The third-order valence-electron chi connectivity index (χ3n) is 5.08. The summed E-state index contributed by atoms with van der Waals surface area (Å²) < 4.78 is 15.6. The average Bonchev–Trinajstić information content (AvgIpc) is 2.80. The van der Waals surface area contributed by atoms with Crippen LogP contribution in [0.1, 0.15) is 23.5 Å². The zero-order chi connectivity index (χ0) is 22.1. The van der Waals surface area contributed by atoms with Gasteiger partial charge in [0.05, 0.1) is 48.9 Å². The predicted molar refractivity (Wildman–Crippen MR) is 120 cm³/mol. The van der Waals surface area contributed by atoms with Gasteiger partial charge >= 0.3 is 0 Å². The van der Waals surface area contributed by atoms with Gasteiger partial charge in [0.2, 0.25) is 0 Å². The number of rotatable bonds is 11. The first kappa shape index (κ1) is 24.5. The molecule has 12 heteroatoms. The molecule has 1 heterocycles. The van der Waals surface area contributed by atoms with Gasteiger partial charge in [-0.1, -0.05) is 24.3 Å². The Morgan fingerprint density at radius 3 is 1.94 bits per heavy atom. The molecule has 0 aliphatic carbocycles. The van der Waals surface area contributed by atoms with E-state index in [0.29, 0.717) is 13.0 Å². The van der Waals surface area contributed by atoms with Crippen molar-refractivity contribution in [2.24, 2.45) is 11.8 Å². The molecule has 9 nitrogen and oxygen atoms in total. The van der Waals surface area contributed by atoms with Gasteiger partial charge in [-0.2, -0.15) is 11.8 Å². The third-order valence-corrected chi connectivity index (χ3v) is 6.31. The van der Waals surface area contributed by atoms with E-state index in [1.807, 2.05) is 56.4 Å². The summed E-state index contributed by atoms with van der Waals surface area (Å²) in [6, 6.07) is 15.6. The minimum atomic E-state index is -0.490. The van der Waals surface area contributed by atoms with Crippen molar-refractivity contribution in [3.63, 3.8) is 0 Å². The number of hydrogen-bond acceptors (Lipinski definition) is 11. The monoisotopic (exact) mass is 467 g/mol. The molecule has 0 saturated carbocycles. The van der Waals surface area contributed by atoms with Crippen LogP contribution in [0.2, 0.25) is 0 Å². The Kier molecular flexibility index (Phi) is 10.1. The molecular formula is C19H26BN3O6S2. The molecule has 3 rings (SSSR count). The van der Waals surface area contributed by atoms with Crippen molar-refractivity contribution in [3.05, 3.63) is 59.7 Å². The van der Waals surface area contributed by atoms with Crippen molar-refractivity contribution in [3.8, 4) is 0 Å². The molecule has 0 aromatic heterocycles. The highest BCUT2D eigenvalue weighted by atomic mass is 32.2. The minimum absolute atomic E-state index is 0.0683. The van der Waals surface area contributed by atoms with Gasteiger partial charge in [-0.3, -0.25) is 0 Å². The molecular weight excluding hydrogens is 441 g/mol. The summed E-state index contributed by atoms with van der Waals surface area (Å²) in [4.78, 5) is 9.98. The van der Waals surface area contributed by atoms with Gasteiger partial charge in [-0.15, -0.1) is 18.6 Å². The molecule has 6 N–H and O–H groups in total. The molecule has 1 fully saturated rings. The first-order valence-electron chi connectivity index (χ1n) is 9.79. The lowest BCUT2D eigenvalue weighted by Crippen LogP contribution is -2.51. The molecule has 2 aromatic rings. The molecule has 3 atom stereocenters. The lowest BCUT2D eigenvalue weighted by Gasteiger charge is -2.38. The van der Waals surface area contributed by atoms with E-state index < -0.39 is 6.10 Å². The van der Waals surface area contributed by atoms with Gasteiger partial charge in [0, 0.05) is 22.1 Å². The highest BCUT2D eigenvalue weighted by Gasteiger charge is 2.35. The van der Waals surface area contributed by atoms with Gasteiger partial charge in [0.15, 0.2) is 0 Å². The quantitative estimate of drug-likeness (QED) is 0.164. The maximum absolute atomic E-state index is 10.7. The summed E-state index contributed by atoms with van der Waals surface area (Å²) in [5.41, 5.74) is 2.11. The third kappa shape index (κ3) is 6.91. The Morgan fingerprint density at radius 2 is 1.52 bits per heavy atom. The van der Waals surface area contributed by atoms with E-state index in [1.165, 1.54) is 0 Å². The number of aliphatic hydroxyl groups is 1. The molecule has 0 bridgehead atoms. The van der Waals surface area contributed by atoms with Gasteiger partial charge in [0.1, 0.15) is 7.85 Å². The molecule has 1 aliphatic rings. The molecule has 0 radical (unpaired) electrons. The number of hydrogen-bond donors (Lipinski definition) is 4. The maximum atomic E-state index is 10.7. The lowest BCUT2D eigenvalue weighted by atomic mass is 9.82. The second-order valence-electron chi connectivity index (χ2n) is 6.95. The molecule has 1 unspecified atom stereocenters. The average molecular weight is 467 g/mol. The fourth-order valence-electron chi connectivity index (χ4n) is 3.70. The molecule has 0 amide bonds. The summed E-state index contributed by atoms with van der Waals surface area (Å²) in [5.74, 6) is 9.73. The summed E-state index contributed by atoms with van der Waals surface area (Å²) in [6.07, 6.45) is 0.620. The number of aliphatic hydroxyl groups excluding tert-OH is 1. The number of ether oxygens (including phenoxy) is 1. The zero-order valence-electron chi connectivity index (χ0n) is 17.0. The van der Waals surface area contributed by atoms with Gasteiger partial charge in [-0.25, -0.2) is 0 Å². The molecule has 0 spiro atoms. The largest absolute Gasteiger partial charge is 0.391 e. The van der Waals surface area contributed by atoms with Crippen LogP contribution in [-0.2, 0) is 23.4 Å². The van der Waals surface area contributed by atoms with Gasteiger partial charge < -0.3 is 15.2 Å². The van der Waals surface area contributed by atoms with E-state index in [9.17, 15) is 5.11 Å². The Bertz CT molecular complexity index is 738. The Labute approximate surface area is 190 Å². The van der Waals surface area contributed by atoms with Crippen molar-refractivity contribution >= 4 is 31.9 Å². The van der Waals surface area contributed by atoms with E-state index in [1.54, 1.807) is 0 Å². The van der Waals surface area contributed by atoms with Crippen molar-refractivity contribution in [2.75, 3.05) is 13.1 Å². The number of benzene rings is 2. The van der Waals surface area contributed by atoms with Crippen molar-refractivity contribution in [2.45, 2.75) is 40.4 Å². The highest BCUT2D eigenvalue weighted by molar-refractivity contribution is 7.94. The highest BCUT2D eigenvalue weighted by Crippen LogP contribution is 2.36. The van der Waals surface area contributed by atoms with Gasteiger partial charge in [-0.05, 0) is 41.8 Å². The van der Waals surface area contributed by atoms with E-state index in [-0.39, 0.29) is 18.1 Å². The second kappa shape index (κ2) is 12.8. The predicted octanol–water partition coefficient (Wildman–Crippen LogP) is 1.18. The van der Waals surface area contributed by atoms with Crippen LogP contribution in [0.5, 0.6) is 0 Å². The Hall–Kier alpha value is -1.16. The van der Waals surface area contributed by atoms with Crippen molar-refractivity contribution in [1.29, 1.82) is 0 Å². The SMILES string of the molecule is BCN[C@@H]1CO[C@H](C(c2ccc(SOON)cc2)c2ccc(SOON)cc2)CC1O. The second-order valence-corrected chi connectivity index (χ2v) is 8.50. The van der Waals surface area contributed by atoms with Crippen LogP contribution >= 0.6 is 24.1 Å². The molecule has 31 heavy (non-hydrogen) atoms. The fraction of sp³-hybridized carbons (Fsp3) is 0.368. The van der Waals surface area contributed by atoms with E-state index in [2.05, 4.69) is 15.3 Å². The first-order chi connectivity index (χ1) is 15.2. The molecule has 2 aromatic carbocycles. The lowest BCUT2D eigenvalue weighted by molar-refractivity contribution is -0.195. The fourth-order valence-corrected chi connectivity index (χ4v) is 4.43. The molecule has 1 aliphatic heterocycles. The summed E-state index contributed by atoms with van der Waals surface area (Å²) >= 11 is 2.04. The maximum Gasteiger partial charge on any atom is 0.119 e. The van der Waals surface area contributed by atoms with Crippen LogP contribution in [0.3, 0.4) is 0 Å². The Morgan fingerprint density at radius 1 is 1.00 bits per heavy atom. The summed E-state index contributed by atoms with van der Waals surface area (Å²) in [7, 11) is 2.01. The van der Waals surface area contributed by atoms with E-state index in [4.69, 9.17) is 25.2 Å². The summed E-state index contributed by atoms with van der Waals surface area (Å²) in [5, 5.41) is 13.9. The zero-order valence-corrected chi connectivity index (χ0v) is 18.6. The molecule has 1 saturated heterocycles. The standard InChI is InChI=1S/C19H26BN3O6S2/c20-11-23-16-10-25-18(9-17(16)24)19(12-1-5-14(6-2-12)30-28-26-21)13-3-7-15(8-4-13)31-29-27-22/h1-8,16-19,23-24H,9-11,20-22H2/t16-,17?,18+/m1/s1. The molecule has 168 valence electrons. The topological polar surface area (TPSA) is 130 Å². The van der Waals surface area contributed by atoms with E-state index in [0.717, 1.165) is 51.4 Å². The van der Waals surface area contributed by atoms with Crippen LogP contribution in [-0.4, -0.2) is 44.3 Å². The van der Waals surface area contributed by atoms with Crippen LogP contribution in [0, 0.1) is 0 Å². The summed E-state index contributed by atoms with van der Waals surface area (Å²) in [6.45, 7) is 0.446. The Balaban J connectivity index is 1.83. The number of nitrogens with two attached hydrogens (primary N) is 2.